The lowest BCUT2D eigenvalue weighted by Crippen LogP contribution is -2.42. The normalized spacial score (nSPS) is 12.3. The molecule has 132 valence electrons. The van der Waals surface area contributed by atoms with Crippen LogP contribution in [0.3, 0.4) is 0 Å². The summed E-state index contributed by atoms with van der Waals surface area (Å²) in [7, 11) is 0. The van der Waals surface area contributed by atoms with Gasteiger partial charge in [0, 0.05) is 12.0 Å². The van der Waals surface area contributed by atoms with Crippen molar-refractivity contribution < 1.29 is 9.59 Å². The first-order chi connectivity index (χ1) is 11.8. The Hall–Kier alpha value is -2.62. The first-order valence-electron chi connectivity index (χ1n) is 8.52. The minimum atomic E-state index is -0.318. The molecule has 0 aliphatic heterocycles. The van der Waals surface area contributed by atoms with E-state index in [9.17, 15) is 9.59 Å². The second-order valence-corrected chi connectivity index (χ2v) is 7.35. The molecule has 2 amide bonds. The van der Waals surface area contributed by atoms with Crippen LogP contribution >= 0.6 is 0 Å². The third-order valence-electron chi connectivity index (χ3n) is 4.19. The van der Waals surface area contributed by atoms with Gasteiger partial charge in [-0.25, -0.2) is 0 Å². The van der Waals surface area contributed by atoms with Gasteiger partial charge in [0.25, 0.3) is 5.91 Å². The maximum atomic E-state index is 12.1. The number of hydrogen-bond donors (Lipinski definition) is 2. The minimum absolute atomic E-state index is 0.0385. The lowest BCUT2D eigenvalue weighted by atomic mass is 9.87. The Kier molecular flexibility index (Phi) is 5.97. The molecule has 0 saturated carbocycles. The Morgan fingerprint density at radius 3 is 2.08 bits per heavy atom. The van der Waals surface area contributed by atoms with E-state index in [4.69, 9.17) is 0 Å². The Morgan fingerprint density at radius 2 is 1.52 bits per heavy atom. The molecule has 0 radical (unpaired) electrons. The average Bonchev–Trinajstić information content (AvgIpc) is 2.59. The van der Waals surface area contributed by atoms with Gasteiger partial charge in [-0.3, -0.25) is 20.4 Å². The van der Waals surface area contributed by atoms with Crippen molar-refractivity contribution in [3.05, 3.63) is 71.3 Å². The van der Waals surface area contributed by atoms with Crippen LogP contribution in [0.1, 0.15) is 61.5 Å². The summed E-state index contributed by atoms with van der Waals surface area (Å²) in [4.78, 5) is 24.2. The highest BCUT2D eigenvalue weighted by molar-refractivity contribution is 5.95. The fourth-order valence-electron chi connectivity index (χ4n) is 2.55. The van der Waals surface area contributed by atoms with Crippen molar-refractivity contribution in [2.24, 2.45) is 0 Å². The van der Waals surface area contributed by atoms with Crippen LogP contribution in [0, 0.1) is 0 Å². The van der Waals surface area contributed by atoms with Crippen LogP contribution in [-0.2, 0) is 10.2 Å². The van der Waals surface area contributed by atoms with E-state index in [2.05, 4.69) is 31.6 Å². The summed E-state index contributed by atoms with van der Waals surface area (Å²) in [5, 5.41) is 0. The Labute approximate surface area is 149 Å². The van der Waals surface area contributed by atoms with E-state index in [1.807, 2.05) is 49.4 Å². The van der Waals surface area contributed by atoms with E-state index in [1.165, 1.54) is 0 Å². The quantitative estimate of drug-likeness (QED) is 0.830. The van der Waals surface area contributed by atoms with Gasteiger partial charge in [-0.2, -0.15) is 0 Å². The van der Waals surface area contributed by atoms with E-state index in [0.29, 0.717) is 12.0 Å². The van der Waals surface area contributed by atoms with E-state index in [1.54, 1.807) is 12.1 Å². The molecular formula is C21H26N2O2. The highest BCUT2D eigenvalue weighted by Crippen LogP contribution is 2.22. The first-order valence-corrected chi connectivity index (χ1v) is 8.52. The number of carbonyl (C=O) groups excluding carboxylic acids is 2. The van der Waals surface area contributed by atoms with Gasteiger partial charge >= 0.3 is 0 Å². The third-order valence-corrected chi connectivity index (χ3v) is 4.19. The van der Waals surface area contributed by atoms with Gasteiger partial charge in [0.1, 0.15) is 0 Å². The Balaban J connectivity index is 1.86. The first kappa shape index (κ1) is 18.7. The fourth-order valence-corrected chi connectivity index (χ4v) is 2.55. The van der Waals surface area contributed by atoms with Crippen LogP contribution in [0.5, 0.6) is 0 Å². The molecule has 0 fully saturated rings. The van der Waals surface area contributed by atoms with Crippen LogP contribution in [0.25, 0.3) is 0 Å². The predicted octanol–water partition coefficient (Wildman–Crippen LogP) is 3.94. The van der Waals surface area contributed by atoms with E-state index < -0.39 is 0 Å². The largest absolute Gasteiger partial charge is 0.273 e. The molecule has 1 atom stereocenters. The van der Waals surface area contributed by atoms with Gasteiger partial charge in [0.2, 0.25) is 5.91 Å². The number of hydrogen-bond acceptors (Lipinski definition) is 2. The highest BCUT2D eigenvalue weighted by Gasteiger charge is 2.15. The second kappa shape index (κ2) is 7.97. The molecular weight excluding hydrogens is 312 g/mol. The minimum Gasteiger partial charge on any atom is -0.273 e. The molecule has 0 bridgehead atoms. The third kappa shape index (κ3) is 5.45. The number of benzene rings is 2. The van der Waals surface area contributed by atoms with Crippen molar-refractivity contribution >= 4 is 11.8 Å². The molecule has 2 rings (SSSR count). The van der Waals surface area contributed by atoms with E-state index in [-0.39, 0.29) is 23.1 Å². The molecule has 0 heterocycles. The fraction of sp³-hybridized carbons (Fsp3) is 0.333. The number of nitrogens with one attached hydrogen (secondary N) is 2. The lowest BCUT2D eigenvalue weighted by Gasteiger charge is -2.19. The molecule has 0 aliphatic carbocycles. The summed E-state index contributed by atoms with van der Waals surface area (Å²) in [5.74, 6) is -0.443. The molecule has 0 spiro atoms. The van der Waals surface area contributed by atoms with Gasteiger partial charge in [-0.05, 0) is 34.6 Å². The van der Waals surface area contributed by atoms with Gasteiger partial charge in [-0.15, -0.1) is 0 Å². The molecule has 4 nitrogen and oxygen atoms in total. The molecule has 0 saturated heterocycles. The zero-order chi connectivity index (χ0) is 18.4. The van der Waals surface area contributed by atoms with Crippen molar-refractivity contribution in [2.45, 2.75) is 45.4 Å². The van der Waals surface area contributed by atoms with Crippen molar-refractivity contribution in [1.82, 2.24) is 10.9 Å². The van der Waals surface area contributed by atoms with Crippen molar-refractivity contribution in [2.75, 3.05) is 0 Å². The summed E-state index contributed by atoms with van der Waals surface area (Å²) in [6, 6.07) is 17.3. The SMILES string of the molecule is C[C@@H](CC(=O)NNC(=O)c1ccc(C(C)(C)C)cc1)c1ccccc1. The van der Waals surface area contributed by atoms with Crippen molar-refractivity contribution in [3.8, 4) is 0 Å². The van der Waals surface area contributed by atoms with Crippen molar-refractivity contribution in [3.63, 3.8) is 0 Å². The van der Waals surface area contributed by atoms with Gasteiger partial charge in [0.15, 0.2) is 0 Å². The number of carbonyl (C=O) groups is 2. The maximum Gasteiger partial charge on any atom is 0.269 e. The lowest BCUT2D eigenvalue weighted by molar-refractivity contribution is -0.122. The van der Waals surface area contributed by atoms with Crippen LogP contribution in [0.15, 0.2) is 54.6 Å². The second-order valence-electron chi connectivity index (χ2n) is 7.35. The molecule has 0 aromatic heterocycles. The zero-order valence-electron chi connectivity index (χ0n) is 15.3. The van der Waals surface area contributed by atoms with E-state index >= 15 is 0 Å². The standard InChI is InChI=1S/C21H26N2O2/c1-15(16-8-6-5-7-9-16)14-19(24)22-23-20(25)17-10-12-18(13-11-17)21(2,3)4/h5-13,15H,14H2,1-4H3,(H,22,24)(H,23,25)/t15-/m0/s1. The summed E-state index contributed by atoms with van der Waals surface area (Å²) in [5.41, 5.74) is 7.78. The van der Waals surface area contributed by atoms with Crippen LogP contribution < -0.4 is 10.9 Å². The molecule has 2 aromatic carbocycles. The summed E-state index contributed by atoms with van der Waals surface area (Å²) in [6.45, 7) is 8.35. The molecule has 2 N–H and O–H groups in total. The molecule has 4 heteroatoms. The maximum absolute atomic E-state index is 12.1. The number of hydrazine groups is 1. The number of rotatable bonds is 4. The van der Waals surface area contributed by atoms with Gasteiger partial charge < -0.3 is 0 Å². The summed E-state index contributed by atoms with van der Waals surface area (Å²) >= 11 is 0. The molecule has 0 unspecified atom stereocenters. The van der Waals surface area contributed by atoms with Crippen LogP contribution in [0.2, 0.25) is 0 Å². The van der Waals surface area contributed by atoms with Crippen molar-refractivity contribution in [1.29, 1.82) is 0 Å². The molecule has 0 aliphatic rings. The smallest absolute Gasteiger partial charge is 0.269 e. The Bertz CT molecular complexity index is 716. The molecule has 2 aromatic rings. The zero-order valence-corrected chi connectivity index (χ0v) is 15.3. The monoisotopic (exact) mass is 338 g/mol. The van der Waals surface area contributed by atoms with Gasteiger partial charge in [0.05, 0.1) is 0 Å². The highest BCUT2D eigenvalue weighted by atomic mass is 16.2. The van der Waals surface area contributed by atoms with Crippen LogP contribution in [-0.4, -0.2) is 11.8 Å². The topological polar surface area (TPSA) is 58.2 Å². The average molecular weight is 338 g/mol. The van der Waals surface area contributed by atoms with E-state index in [0.717, 1.165) is 11.1 Å². The number of amides is 2. The van der Waals surface area contributed by atoms with Crippen LogP contribution in [0.4, 0.5) is 0 Å². The summed E-state index contributed by atoms with van der Waals surface area (Å²) < 4.78 is 0. The van der Waals surface area contributed by atoms with Gasteiger partial charge in [-0.1, -0.05) is 70.2 Å². The summed E-state index contributed by atoms with van der Waals surface area (Å²) in [6.07, 6.45) is 0.313. The predicted molar refractivity (Wildman–Crippen MR) is 100 cm³/mol. The molecule has 25 heavy (non-hydrogen) atoms. The Morgan fingerprint density at radius 1 is 0.920 bits per heavy atom.